The van der Waals surface area contributed by atoms with Gasteiger partial charge in [-0.05, 0) is 50.0 Å². The second-order valence-electron chi connectivity index (χ2n) is 5.36. The van der Waals surface area contributed by atoms with Crippen LogP contribution in [0.2, 0.25) is 0 Å². The van der Waals surface area contributed by atoms with Gasteiger partial charge in [-0.15, -0.1) is 0 Å². The molecule has 1 aliphatic rings. The molecule has 0 saturated carbocycles. The van der Waals surface area contributed by atoms with Crippen LogP contribution in [-0.4, -0.2) is 49.2 Å². The van der Waals surface area contributed by atoms with E-state index < -0.39 is 5.97 Å². The highest BCUT2D eigenvalue weighted by Gasteiger charge is 2.27. The van der Waals surface area contributed by atoms with Gasteiger partial charge in [-0.3, -0.25) is 9.69 Å². The minimum absolute atomic E-state index is 0.382. The highest BCUT2D eigenvalue weighted by molar-refractivity contribution is 5.74. The number of likely N-dealkylation sites (tertiary alicyclic amines) is 1. The van der Waals surface area contributed by atoms with Crippen molar-refractivity contribution in [2.24, 2.45) is 0 Å². The maximum absolute atomic E-state index is 11.4. The van der Waals surface area contributed by atoms with Crippen LogP contribution in [0.5, 0.6) is 0 Å². The molecule has 0 amide bonds. The Balaban J connectivity index is 2.06. The Bertz CT molecular complexity index is 422. The highest BCUT2D eigenvalue weighted by Crippen LogP contribution is 2.18. The first-order chi connectivity index (χ1) is 9.08. The summed E-state index contributed by atoms with van der Waals surface area (Å²) in [7, 11) is 4.00. The summed E-state index contributed by atoms with van der Waals surface area (Å²) >= 11 is 0. The number of carboxylic acids is 1. The summed E-state index contributed by atoms with van der Waals surface area (Å²) in [5.74, 6) is -0.710. The predicted octanol–water partition coefficient (Wildman–Crippen LogP) is 1.84. The third kappa shape index (κ3) is 3.47. The van der Waals surface area contributed by atoms with Crippen molar-refractivity contribution >= 4 is 11.7 Å². The lowest BCUT2D eigenvalue weighted by atomic mass is 10.0. The van der Waals surface area contributed by atoms with Crippen LogP contribution in [0.25, 0.3) is 0 Å². The Hall–Kier alpha value is -1.55. The molecule has 4 heteroatoms. The molecule has 1 fully saturated rings. The van der Waals surface area contributed by atoms with Crippen LogP contribution in [0.1, 0.15) is 18.4 Å². The van der Waals surface area contributed by atoms with Crippen molar-refractivity contribution in [1.29, 1.82) is 0 Å². The molecular formula is C15H22N2O2. The van der Waals surface area contributed by atoms with Crippen molar-refractivity contribution in [1.82, 2.24) is 4.90 Å². The third-order valence-electron chi connectivity index (χ3n) is 3.75. The predicted molar refractivity (Wildman–Crippen MR) is 76.7 cm³/mol. The van der Waals surface area contributed by atoms with Crippen LogP contribution in [0.3, 0.4) is 0 Å². The minimum atomic E-state index is -0.710. The molecule has 19 heavy (non-hydrogen) atoms. The van der Waals surface area contributed by atoms with E-state index >= 15 is 0 Å². The van der Waals surface area contributed by atoms with Gasteiger partial charge >= 0.3 is 5.97 Å². The molecule has 1 unspecified atom stereocenters. The summed E-state index contributed by atoms with van der Waals surface area (Å²) in [6, 6.07) is 7.76. The van der Waals surface area contributed by atoms with Crippen LogP contribution in [-0.2, 0) is 11.2 Å². The average molecular weight is 262 g/mol. The Morgan fingerprint density at radius 1 is 1.26 bits per heavy atom. The van der Waals surface area contributed by atoms with Crippen molar-refractivity contribution in [2.45, 2.75) is 25.3 Å². The Morgan fingerprint density at radius 2 is 1.84 bits per heavy atom. The Morgan fingerprint density at radius 3 is 2.32 bits per heavy atom. The van der Waals surface area contributed by atoms with Gasteiger partial charge in [0.25, 0.3) is 0 Å². The molecule has 104 valence electrons. The maximum atomic E-state index is 11.4. The molecule has 2 rings (SSSR count). The van der Waals surface area contributed by atoms with E-state index in [0.717, 1.165) is 37.2 Å². The molecule has 0 aliphatic carbocycles. The van der Waals surface area contributed by atoms with Gasteiger partial charge in [0.05, 0.1) is 0 Å². The van der Waals surface area contributed by atoms with Crippen molar-refractivity contribution in [2.75, 3.05) is 32.1 Å². The number of hydrogen-bond donors (Lipinski definition) is 1. The van der Waals surface area contributed by atoms with Crippen LogP contribution in [0.15, 0.2) is 24.3 Å². The first-order valence-electron chi connectivity index (χ1n) is 6.81. The minimum Gasteiger partial charge on any atom is -0.480 e. The highest BCUT2D eigenvalue weighted by atomic mass is 16.4. The summed E-state index contributed by atoms with van der Waals surface area (Å²) in [4.78, 5) is 15.5. The quantitative estimate of drug-likeness (QED) is 0.879. The molecule has 0 spiro atoms. The molecule has 1 aromatic carbocycles. The van der Waals surface area contributed by atoms with E-state index in [1.807, 2.05) is 43.3 Å². The zero-order valence-corrected chi connectivity index (χ0v) is 11.7. The number of anilines is 1. The summed E-state index contributed by atoms with van der Waals surface area (Å²) < 4.78 is 0. The normalized spacial score (nSPS) is 17.4. The zero-order valence-electron chi connectivity index (χ0n) is 11.7. The number of rotatable bonds is 5. The molecule has 1 aromatic rings. The van der Waals surface area contributed by atoms with E-state index in [9.17, 15) is 9.90 Å². The van der Waals surface area contributed by atoms with Crippen LogP contribution in [0, 0.1) is 0 Å². The van der Waals surface area contributed by atoms with Gasteiger partial charge in [-0.1, -0.05) is 12.1 Å². The van der Waals surface area contributed by atoms with Gasteiger partial charge in [0, 0.05) is 19.8 Å². The summed E-state index contributed by atoms with van der Waals surface area (Å²) in [5.41, 5.74) is 2.22. The van der Waals surface area contributed by atoms with E-state index in [2.05, 4.69) is 4.90 Å². The summed E-state index contributed by atoms with van der Waals surface area (Å²) in [5, 5.41) is 9.39. The summed E-state index contributed by atoms with van der Waals surface area (Å²) in [6.07, 6.45) is 2.82. The SMILES string of the molecule is CN(C)c1ccc(CC(C(=O)O)N2CCCC2)cc1. The fraction of sp³-hybridized carbons (Fsp3) is 0.533. The third-order valence-corrected chi connectivity index (χ3v) is 3.75. The molecule has 1 saturated heterocycles. The van der Waals surface area contributed by atoms with Gasteiger partial charge in [0.1, 0.15) is 6.04 Å². The largest absolute Gasteiger partial charge is 0.480 e. The zero-order chi connectivity index (χ0) is 13.8. The molecule has 1 heterocycles. The Labute approximate surface area is 114 Å². The van der Waals surface area contributed by atoms with Gasteiger partial charge in [0.15, 0.2) is 0 Å². The van der Waals surface area contributed by atoms with Crippen molar-refractivity contribution < 1.29 is 9.90 Å². The van der Waals surface area contributed by atoms with Gasteiger partial charge in [0.2, 0.25) is 0 Å². The number of hydrogen-bond acceptors (Lipinski definition) is 3. The monoisotopic (exact) mass is 262 g/mol. The molecule has 0 bridgehead atoms. The fourth-order valence-corrected chi connectivity index (χ4v) is 2.58. The van der Waals surface area contributed by atoms with Gasteiger partial charge < -0.3 is 10.0 Å². The number of carboxylic acid groups (broad SMARTS) is 1. The topological polar surface area (TPSA) is 43.8 Å². The van der Waals surface area contributed by atoms with Gasteiger partial charge in [-0.25, -0.2) is 0 Å². The number of nitrogens with zero attached hydrogens (tertiary/aromatic N) is 2. The smallest absolute Gasteiger partial charge is 0.321 e. The standard InChI is InChI=1S/C15H22N2O2/c1-16(2)13-7-5-12(6-8-13)11-14(15(18)19)17-9-3-4-10-17/h5-8,14H,3-4,9-11H2,1-2H3,(H,18,19). The van der Waals surface area contributed by atoms with E-state index in [-0.39, 0.29) is 6.04 Å². The lowest BCUT2D eigenvalue weighted by Gasteiger charge is -2.24. The van der Waals surface area contributed by atoms with E-state index in [0.29, 0.717) is 6.42 Å². The molecule has 0 radical (unpaired) electrons. The van der Waals surface area contributed by atoms with Crippen molar-refractivity contribution in [3.8, 4) is 0 Å². The number of aliphatic carboxylic acids is 1. The van der Waals surface area contributed by atoms with E-state index in [1.54, 1.807) is 0 Å². The molecule has 1 atom stereocenters. The van der Waals surface area contributed by atoms with Crippen molar-refractivity contribution in [3.05, 3.63) is 29.8 Å². The summed E-state index contributed by atoms with van der Waals surface area (Å²) in [6.45, 7) is 1.82. The first kappa shape index (κ1) is 13.9. The second kappa shape index (κ2) is 6.06. The number of benzene rings is 1. The molecule has 0 aromatic heterocycles. The van der Waals surface area contributed by atoms with E-state index in [1.165, 1.54) is 0 Å². The first-order valence-corrected chi connectivity index (χ1v) is 6.81. The molecule has 1 N–H and O–H groups in total. The van der Waals surface area contributed by atoms with Crippen molar-refractivity contribution in [3.63, 3.8) is 0 Å². The van der Waals surface area contributed by atoms with Crippen LogP contribution < -0.4 is 4.90 Å². The molecule has 4 nitrogen and oxygen atoms in total. The molecular weight excluding hydrogens is 240 g/mol. The lowest BCUT2D eigenvalue weighted by Crippen LogP contribution is -2.40. The Kier molecular flexibility index (Phi) is 4.43. The van der Waals surface area contributed by atoms with Crippen LogP contribution >= 0.6 is 0 Å². The average Bonchev–Trinajstić information content (AvgIpc) is 2.89. The van der Waals surface area contributed by atoms with Gasteiger partial charge in [-0.2, -0.15) is 0 Å². The van der Waals surface area contributed by atoms with Crippen LogP contribution in [0.4, 0.5) is 5.69 Å². The molecule has 1 aliphatic heterocycles. The number of carbonyl (C=O) groups is 1. The van der Waals surface area contributed by atoms with E-state index in [4.69, 9.17) is 0 Å². The second-order valence-corrected chi connectivity index (χ2v) is 5.36. The lowest BCUT2D eigenvalue weighted by molar-refractivity contribution is -0.142. The fourth-order valence-electron chi connectivity index (χ4n) is 2.58. The maximum Gasteiger partial charge on any atom is 0.321 e.